The Kier molecular flexibility index (Phi) is 4.64. The Balaban J connectivity index is 1.55. The van der Waals surface area contributed by atoms with Crippen molar-refractivity contribution in [3.8, 4) is 5.75 Å². The Bertz CT molecular complexity index is 1410. The smallest absolute Gasteiger partial charge is 0.291 e. The van der Waals surface area contributed by atoms with E-state index in [4.69, 9.17) is 4.74 Å². The molecule has 0 amide bonds. The minimum absolute atomic E-state index is 0.0779. The van der Waals surface area contributed by atoms with Gasteiger partial charge in [-0.25, -0.2) is 4.68 Å². The molecule has 5 aromatic rings. The maximum absolute atomic E-state index is 13.2. The van der Waals surface area contributed by atoms with E-state index in [9.17, 15) is 4.79 Å². The molecule has 0 aliphatic rings. The highest BCUT2D eigenvalue weighted by molar-refractivity contribution is 7.20. The third kappa shape index (κ3) is 3.19. The zero-order valence-corrected chi connectivity index (χ0v) is 17.6. The Labute approximate surface area is 177 Å². The number of thiophene rings is 1. The summed E-state index contributed by atoms with van der Waals surface area (Å²) in [5.41, 5.74) is 3.96. The van der Waals surface area contributed by atoms with Crippen molar-refractivity contribution in [3.63, 3.8) is 0 Å². The summed E-state index contributed by atoms with van der Waals surface area (Å²) in [4.78, 5) is 14.5. The molecule has 2 aromatic carbocycles. The number of hydrogen-bond donors (Lipinski definition) is 0. The Hall–Kier alpha value is -3.38. The van der Waals surface area contributed by atoms with Gasteiger partial charge in [0.25, 0.3) is 5.56 Å². The predicted octanol–water partition coefficient (Wildman–Crippen LogP) is 4.60. The number of rotatable bonds is 5. The summed E-state index contributed by atoms with van der Waals surface area (Å²) in [5, 5.41) is 5.39. The van der Waals surface area contributed by atoms with Crippen LogP contribution in [0.3, 0.4) is 0 Å². The van der Waals surface area contributed by atoms with Gasteiger partial charge in [-0.3, -0.25) is 4.79 Å². The fourth-order valence-electron chi connectivity index (χ4n) is 3.90. The minimum atomic E-state index is -0.0779. The number of nitrogens with zero attached hydrogens (tertiary/aromatic N) is 3. The molecule has 5 nitrogen and oxygen atoms in total. The molecule has 6 heteroatoms. The molecular weight excluding hydrogens is 394 g/mol. The highest BCUT2D eigenvalue weighted by Gasteiger charge is 2.17. The zero-order chi connectivity index (χ0) is 20.7. The summed E-state index contributed by atoms with van der Waals surface area (Å²) in [5.74, 6) is 0.770. The SMILES string of the molecule is COc1cccc(Cn2ncc3c4sc(Cc5ccccc5)cc4n(C)c3c2=O)c1. The first kappa shape index (κ1) is 18.6. The van der Waals surface area contributed by atoms with Crippen LogP contribution in [-0.2, 0) is 20.0 Å². The van der Waals surface area contributed by atoms with Gasteiger partial charge >= 0.3 is 0 Å². The molecule has 0 saturated heterocycles. The highest BCUT2D eigenvalue weighted by atomic mass is 32.1. The maximum atomic E-state index is 13.2. The van der Waals surface area contributed by atoms with Crippen LogP contribution in [0, 0.1) is 0 Å². The zero-order valence-electron chi connectivity index (χ0n) is 16.8. The summed E-state index contributed by atoms with van der Waals surface area (Å²) >= 11 is 1.74. The lowest BCUT2D eigenvalue weighted by Gasteiger charge is -2.07. The lowest BCUT2D eigenvalue weighted by molar-refractivity contribution is 0.414. The third-order valence-corrected chi connectivity index (χ3v) is 6.57. The molecule has 5 rings (SSSR count). The lowest BCUT2D eigenvalue weighted by atomic mass is 10.1. The molecule has 150 valence electrons. The molecule has 0 bridgehead atoms. The van der Waals surface area contributed by atoms with Crippen LogP contribution in [0.4, 0.5) is 0 Å². The van der Waals surface area contributed by atoms with Crippen LogP contribution in [0.25, 0.3) is 21.1 Å². The minimum Gasteiger partial charge on any atom is -0.497 e. The fraction of sp³-hybridized carbons (Fsp3) is 0.167. The van der Waals surface area contributed by atoms with Crippen molar-refractivity contribution >= 4 is 32.5 Å². The number of methoxy groups -OCH3 is 1. The summed E-state index contributed by atoms with van der Waals surface area (Å²) in [6.07, 6.45) is 2.71. The first-order valence-electron chi connectivity index (χ1n) is 9.78. The van der Waals surface area contributed by atoms with Crippen LogP contribution in [0.5, 0.6) is 5.75 Å². The van der Waals surface area contributed by atoms with Gasteiger partial charge in [-0.15, -0.1) is 11.3 Å². The molecule has 0 fully saturated rings. The molecule has 30 heavy (non-hydrogen) atoms. The van der Waals surface area contributed by atoms with Crippen LogP contribution in [-0.4, -0.2) is 21.5 Å². The molecule has 0 saturated carbocycles. The van der Waals surface area contributed by atoms with Gasteiger partial charge in [0.15, 0.2) is 0 Å². The van der Waals surface area contributed by atoms with E-state index in [0.29, 0.717) is 12.1 Å². The summed E-state index contributed by atoms with van der Waals surface area (Å²) in [6, 6.07) is 20.3. The van der Waals surface area contributed by atoms with E-state index in [2.05, 4.69) is 35.4 Å². The van der Waals surface area contributed by atoms with Gasteiger partial charge in [0.05, 0.1) is 30.1 Å². The molecular formula is C24H21N3O2S. The van der Waals surface area contributed by atoms with Crippen molar-refractivity contribution in [1.82, 2.24) is 14.3 Å². The quantitative estimate of drug-likeness (QED) is 0.422. The second kappa shape index (κ2) is 7.46. The Morgan fingerprint density at radius 1 is 1.03 bits per heavy atom. The van der Waals surface area contributed by atoms with E-state index in [1.54, 1.807) is 18.4 Å². The summed E-state index contributed by atoms with van der Waals surface area (Å²) in [6.45, 7) is 0.407. The van der Waals surface area contributed by atoms with Crippen molar-refractivity contribution < 1.29 is 4.74 Å². The maximum Gasteiger partial charge on any atom is 0.291 e. The molecule has 0 radical (unpaired) electrons. The topological polar surface area (TPSA) is 49.0 Å². The van der Waals surface area contributed by atoms with Crippen molar-refractivity contribution in [3.05, 3.63) is 93.2 Å². The number of aromatic nitrogens is 3. The first-order chi connectivity index (χ1) is 14.6. The molecule has 0 spiro atoms. The monoisotopic (exact) mass is 415 g/mol. The molecule has 0 N–H and O–H groups in total. The van der Waals surface area contributed by atoms with Gasteiger partial charge in [0, 0.05) is 23.7 Å². The lowest BCUT2D eigenvalue weighted by Crippen LogP contribution is -2.24. The number of ether oxygens (including phenoxy) is 1. The standard InChI is InChI=1S/C24H21N3O2S/c1-26-21-13-19(12-16-7-4-3-5-8-16)30-23(21)20-14-25-27(24(28)22(20)26)15-17-9-6-10-18(11-17)29-2/h3-11,13-14H,12,15H2,1-2H3. The van der Waals surface area contributed by atoms with Crippen molar-refractivity contribution in [2.45, 2.75) is 13.0 Å². The average Bonchev–Trinajstić information content (AvgIpc) is 3.29. The van der Waals surface area contributed by atoms with E-state index in [1.807, 2.05) is 48.1 Å². The van der Waals surface area contributed by atoms with E-state index >= 15 is 0 Å². The Morgan fingerprint density at radius 3 is 2.63 bits per heavy atom. The second-order valence-electron chi connectivity index (χ2n) is 7.37. The van der Waals surface area contributed by atoms with Crippen molar-refractivity contribution in [2.75, 3.05) is 7.11 Å². The van der Waals surface area contributed by atoms with Gasteiger partial charge in [0.2, 0.25) is 0 Å². The van der Waals surface area contributed by atoms with E-state index in [1.165, 1.54) is 15.1 Å². The van der Waals surface area contributed by atoms with E-state index < -0.39 is 0 Å². The number of hydrogen-bond acceptors (Lipinski definition) is 4. The van der Waals surface area contributed by atoms with Crippen LogP contribution < -0.4 is 10.3 Å². The predicted molar refractivity (Wildman–Crippen MR) is 122 cm³/mol. The second-order valence-corrected chi connectivity index (χ2v) is 8.51. The highest BCUT2D eigenvalue weighted by Crippen LogP contribution is 2.34. The number of aryl methyl sites for hydroxylation is 1. The van der Waals surface area contributed by atoms with Gasteiger partial charge < -0.3 is 9.30 Å². The summed E-state index contributed by atoms with van der Waals surface area (Å²) in [7, 11) is 3.60. The molecule has 0 unspecified atom stereocenters. The van der Waals surface area contributed by atoms with Crippen molar-refractivity contribution in [2.24, 2.45) is 7.05 Å². The molecule has 3 aromatic heterocycles. The van der Waals surface area contributed by atoms with Crippen molar-refractivity contribution in [1.29, 1.82) is 0 Å². The van der Waals surface area contributed by atoms with Crippen LogP contribution in [0.2, 0.25) is 0 Å². The van der Waals surface area contributed by atoms with Gasteiger partial charge in [-0.1, -0.05) is 42.5 Å². The fourth-order valence-corrected chi connectivity index (χ4v) is 5.13. The number of fused-ring (bicyclic) bond motifs is 3. The van der Waals surface area contributed by atoms with E-state index in [0.717, 1.165) is 33.3 Å². The largest absolute Gasteiger partial charge is 0.497 e. The molecule has 3 heterocycles. The van der Waals surface area contributed by atoms with Gasteiger partial charge in [-0.05, 0) is 29.3 Å². The Morgan fingerprint density at radius 2 is 1.83 bits per heavy atom. The number of benzene rings is 2. The molecule has 0 aliphatic carbocycles. The van der Waals surface area contributed by atoms with Crippen LogP contribution in [0.15, 0.2) is 71.7 Å². The van der Waals surface area contributed by atoms with Crippen LogP contribution in [0.1, 0.15) is 16.0 Å². The van der Waals surface area contributed by atoms with Gasteiger partial charge in [0.1, 0.15) is 11.3 Å². The molecule has 0 atom stereocenters. The van der Waals surface area contributed by atoms with E-state index in [-0.39, 0.29) is 5.56 Å². The first-order valence-corrected chi connectivity index (χ1v) is 10.6. The van der Waals surface area contributed by atoms with Crippen LogP contribution >= 0.6 is 11.3 Å². The third-order valence-electron chi connectivity index (χ3n) is 5.41. The average molecular weight is 416 g/mol. The van der Waals surface area contributed by atoms with Gasteiger partial charge in [-0.2, -0.15) is 5.10 Å². The summed E-state index contributed by atoms with van der Waals surface area (Å²) < 4.78 is 9.93. The molecule has 0 aliphatic heterocycles. The normalized spacial score (nSPS) is 11.4.